The fourth-order valence-corrected chi connectivity index (χ4v) is 3.06. The predicted octanol–water partition coefficient (Wildman–Crippen LogP) is 3.01. The van der Waals surface area contributed by atoms with Crippen LogP contribution in [0.4, 0.5) is 4.39 Å². The molecule has 2 aromatic rings. The summed E-state index contributed by atoms with van der Waals surface area (Å²) in [5.74, 6) is -0.254. The van der Waals surface area contributed by atoms with E-state index >= 15 is 0 Å². The lowest BCUT2D eigenvalue weighted by Gasteiger charge is -2.24. The van der Waals surface area contributed by atoms with E-state index in [-0.39, 0.29) is 18.0 Å². The van der Waals surface area contributed by atoms with E-state index in [1.165, 1.54) is 12.1 Å². The van der Waals surface area contributed by atoms with Crippen molar-refractivity contribution in [3.8, 4) is 6.07 Å². The summed E-state index contributed by atoms with van der Waals surface area (Å²) in [6.45, 7) is 1.24. The minimum Gasteiger partial charge on any atom is -0.392 e. The Balaban J connectivity index is 1.81. The van der Waals surface area contributed by atoms with E-state index in [2.05, 4.69) is 11.0 Å². The summed E-state index contributed by atoms with van der Waals surface area (Å²) in [7, 11) is 0. The van der Waals surface area contributed by atoms with E-state index in [9.17, 15) is 9.50 Å². The fraction of sp³-hybridized carbons (Fsp3) is 0.278. The van der Waals surface area contributed by atoms with Gasteiger partial charge in [0.1, 0.15) is 5.82 Å². The molecule has 0 amide bonds. The summed E-state index contributed by atoms with van der Waals surface area (Å²) >= 11 is 0. The molecule has 0 bridgehead atoms. The van der Waals surface area contributed by atoms with Crippen LogP contribution in [0.5, 0.6) is 0 Å². The number of nitriles is 1. The Kier molecular flexibility index (Phi) is 4.19. The third-order valence-corrected chi connectivity index (χ3v) is 4.08. The van der Waals surface area contributed by atoms with Crippen LogP contribution in [-0.4, -0.2) is 22.7 Å². The maximum Gasteiger partial charge on any atom is 0.123 e. The first-order valence-electron chi connectivity index (χ1n) is 7.32. The van der Waals surface area contributed by atoms with Crippen molar-refractivity contribution in [3.05, 3.63) is 71.0 Å². The molecule has 0 aromatic heterocycles. The Morgan fingerprint density at radius 1 is 1.23 bits per heavy atom. The van der Waals surface area contributed by atoms with Gasteiger partial charge in [-0.05, 0) is 41.8 Å². The zero-order chi connectivity index (χ0) is 15.5. The molecule has 1 N–H and O–H groups in total. The van der Waals surface area contributed by atoms with Gasteiger partial charge in [-0.1, -0.05) is 24.3 Å². The molecule has 3 nitrogen and oxygen atoms in total. The van der Waals surface area contributed by atoms with Crippen molar-refractivity contribution >= 4 is 0 Å². The molecule has 1 aliphatic rings. The number of β-amino-alcohol motifs (C(OH)–C–C–N with tert-alkyl or cyclic N) is 1. The molecular weight excluding hydrogens is 279 g/mol. The number of benzene rings is 2. The molecule has 0 unspecified atom stereocenters. The van der Waals surface area contributed by atoms with Crippen molar-refractivity contribution in [2.45, 2.75) is 25.1 Å². The van der Waals surface area contributed by atoms with Gasteiger partial charge in [-0.25, -0.2) is 4.39 Å². The molecule has 0 spiro atoms. The first-order valence-corrected chi connectivity index (χ1v) is 7.32. The van der Waals surface area contributed by atoms with Crippen LogP contribution in [0.15, 0.2) is 48.5 Å². The second-order valence-electron chi connectivity index (χ2n) is 5.70. The summed E-state index contributed by atoms with van der Waals surface area (Å²) in [5.41, 5.74) is 2.69. The van der Waals surface area contributed by atoms with Crippen LogP contribution < -0.4 is 0 Å². The molecule has 0 saturated carbocycles. The monoisotopic (exact) mass is 296 g/mol. The van der Waals surface area contributed by atoms with Crippen molar-refractivity contribution < 1.29 is 9.50 Å². The van der Waals surface area contributed by atoms with Crippen molar-refractivity contribution in [2.75, 3.05) is 6.54 Å². The standard InChI is InChI=1S/C18H17FN2O/c19-16-6-4-15(5-7-16)18-9-17(22)12-21(18)11-14-3-1-2-13(8-14)10-20/h1-8,17-18,22H,9,11-12H2/t17-,18+/m1/s1. The topological polar surface area (TPSA) is 47.3 Å². The number of nitrogens with zero attached hydrogens (tertiary/aromatic N) is 2. The number of hydrogen-bond acceptors (Lipinski definition) is 3. The van der Waals surface area contributed by atoms with Crippen molar-refractivity contribution in [2.24, 2.45) is 0 Å². The fourth-order valence-electron chi connectivity index (χ4n) is 3.06. The predicted molar refractivity (Wildman–Crippen MR) is 81.3 cm³/mol. The summed E-state index contributed by atoms with van der Waals surface area (Å²) < 4.78 is 13.1. The average molecular weight is 296 g/mol. The van der Waals surface area contributed by atoms with Gasteiger partial charge in [-0.2, -0.15) is 5.26 Å². The Morgan fingerprint density at radius 2 is 2.00 bits per heavy atom. The molecule has 1 fully saturated rings. The molecule has 0 aliphatic carbocycles. The van der Waals surface area contributed by atoms with Crippen molar-refractivity contribution in [1.82, 2.24) is 4.90 Å². The molecule has 4 heteroatoms. The van der Waals surface area contributed by atoms with E-state index in [1.807, 2.05) is 18.2 Å². The van der Waals surface area contributed by atoms with E-state index in [0.29, 0.717) is 25.1 Å². The maximum absolute atomic E-state index is 13.1. The van der Waals surface area contributed by atoms with Gasteiger partial charge in [0.15, 0.2) is 0 Å². The summed E-state index contributed by atoms with van der Waals surface area (Å²) in [6, 6.07) is 16.2. The largest absolute Gasteiger partial charge is 0.392 e. The highest BCUT2D eigenvalue weighted by molar-refractivity contribution is 5.33. The molecule has 0 radical (unpaired) electrons. The maximum atomic E-state index is 13.1. The second kappa shape index (κ2) is 6.27. The number of hydrogen-bond donors (Lipinski definition) is 1. The minimum atomic E-state index is -0.380. The zero-order valence-corrected chi connectivity index (χ0v) is 12.1. The summed E-state index contributed by atoms with van der Waals surface area (Å²) in [4.78, 5) is 2.17. The highest BCUT2D eigenvalue weighted by Gasteiger charge is 2.31. The van der Waals surface area contributed by atoms with Gasteiger partial charge in [-0.15, -0.1) is 0 Å². The number of rotatable bonds is 3. The Hall–Kier alpha value is -2.22. The van der Waals surface area contributed by atoms with Gasteiger partial charge in [0, 0.05) is 19.1 Å². The van der Waals surface area contributed by atoms with Gasteiger partial charge in [-0.3, -0.25) is 4.90 Å². The first-order chi connectivity index (χ1) is 10.7. The van der Waals surface area contributed by atoms with Crippen LogP contribution >= 0.6 is 0 Å². The van der Waals surface area contributed by atoms with Crippen molar-refractivity contribution in [1.29, 1.82) is 5.26 Å². The molecule has 1 heterocycles. The van der Waals surface area contributed by atoms with E-state index < -0.39 is 0 Å². The SMILES string of the molecule is N#Cc1cccc(CN2C[C@H](O)C[C@H]2c2ccc(F)cc2)c1. The molecule has 1 aliphatic heterocycles. The molecular formula is C18H17FN2O. The number of likely N-dealkylation sites (tertiary alicyclic amines) is 1. The number of aliphatic hydroxyl groups excluding tert-OH is 1. The summed E-state index contributed by atoms with van der Waals surface area (Å²) in [5, 5.41) is 19.0. The van der Waals surface area contributed by atoms with Crippen LogP contribution in [0, 0.1) is 17.1 Å². The third kappa shape index (κ3) is 3.16. The average Bonchev–Trinajstić information content (AvgIpc) is 2.89. The molecule has 2 aromatic carbocycles. The third-order valence-electron chi connectivity index (χ3n) is 4.08. The molecule has 112 valence electrons. The van der Waals surface area contributed by atoms with Crippen LogP contribution in [0.25, 0.3) is 0 Å². The number of aliphatic hydroxyl groups is 1. The van der Waals surface area contributed by atoms with Crippen LogP contribution in [-0.2, 0) is 6.54 Å². The summed E-state index contributed by atoms with van der Waals surface area (Å²) in [6.07, 6.45) is 0.262. The minimum absolute atomic E-state index is 0.0707. The highest BCUT2D eigenvalue weighted by atomic mass is 19.1. The Morgan fingerprint density at radius 3 is 2.73 bits per heavy atom. The van der Waals surface area contributed by atoms with Gasteiger partial charge in [0.2, 0.25) is 0 Å². The lowest BCUT2D eigenvalue weighted by Crippen LogP contribution is -2.24. The molecule has 22 heavy (non-hydrogen) atoms. The van der Waals surface area contributed by atoms with E-state index in [1.54, 1.807) is 18.2 Å². The van der Waals surface area contributed by atoms with Crippen LogP contribution in [0.3, 0.4) is 0 Å². The van der Waals surface area contributed by atoms with Gasteiger partial charge >= 0.3 is 0 Å². The van der Waals surface area contributed by atoms with Crippen molar-refractivity contribution in [3.63, 3.8) is 0 Å². The van der Waals surface area contributed by atoms with E-state index in [4.69, 9.17) is 5.26 Å². The van der Waals surface area contributed by atoms with Crippen LogP contribution in [0.1, 0.15) is 29.2 Å². The molecule has 3 rings (SSSR count). The molecule has 2 atom stereocenters. The molecule has 1 saturated heterocycles. The Bertz CT molecular complexity index is 693. The lowest BCUT2D eigenvalue weighted by molar-refractivity contribution is 0.172. The lowest BCUT2D eigenvalue weighted by atomic mass is 10.0. The quantitative estimate of drug-likeness (QED) is 0.947. The van der Waals surface area contributed by atoms with Gasteiger partial charge in [0.05, 0.1) is 17.7 Å². The van der Waals surface area contributed by atoms with Gasteiger partial charge < -0.3 is 5.11 Å². The smallest absolute Gasteiger partial charge is 0.123 e. The number of halogens is 1. The van der Waals surface area contributed by atoms with Gasteiger partial charge in [0.25, 0.3) is 0 Å². The van der Waals surface area contributed by atoms with E-state index in [0.717, 1.165) is 11.1 Å². The normalized spacial score (nSPS) is 21.7. The second-order valence-corrected chi connectivity index (χ2v) is 5.70. The zero-order valence-electron chi connectivity index (χ0n) is 12.1. The van der Waals surface area contributed by atoms with Crippen LogP contribution in [0.2, 0.25) is 0 Å². The first kappa shape index (κ1) is 14.7. The highest BCUT2D eigenvalue weighted by Crippen LogP contribution is 2.33. The Labute approximate surface area is 129 Å².